The Morgan fingerprint density at radius 1 is 1.30 bits per heavy atom. The Balaban J connectivity index is 2.48. The third-order valence-electron chi connectivity index (χ3n) is 4.36. The normalized spacial score (nSPS) is 19.4. The van der Waals surface area contributed by atoms with Crippen molar-refractivity contribution in [3.05, 3.63) is 0 Å². The van der Waals surface area contributed by atoms with E-state index in [1.807, 2.05) is 13.8 Å². The summed E-state index contributed by atoms with van der Waals surface area (Å²) < 4.78 is 0. The molecule has 1 unspecified atom stereocenters. The number of carbonyl (C=O) groups is 2. The number of piperidine rings is 1. The van der Waals surface area contributed by atoms with Gasteiger partial charge in [-0.3, -0.25) is 0 Å². The number of rotatable bonds is 6. The van der Waals surface area contributed by atoms with Gasteiger partial charge in [0.05, 0.1) is 0 Å². The minimum atomic E-state index is -0.950. The number of nitrogens with zero attached hydrogens (tertiary/aromatic N) is 1. The van der Waals surface area contributed by atoms with Gasteiger partial charge < -0.3 is 15.3 Å². The highest BCUT2D eigenvalue weighted by Crippen LogP contribution is 2.21. The van der Waals surface area contributed by atoms with Crippen molar-refractivity contribution in [3.8, 4) is 0 Å². The van der Waals surface area contributed by atoms with Crippen LogP contribution < -0.4 is 5.32 Å². The average molecular weight is 284 g/mol. The number of urea groups is 1. The van der Waals surface area contributed by atoms with E-state index in [4.69, 9.17) is 0 Å². The van der Waals surface area contributed by atoms with Crippen molar-refractivity contribution in [1.29, 1.82) is 0 Å². The van der Waals surface area contributed by atoms with Crippen LogP contribution in [0.1, 0.15) is 52.9 Å². The largest absolute Gasteiger partial charge is 0.480 e. The lowest BCUT2D eigenvalue weighted by Gasteiger charge is -2.33. The van der Waals surface area contributed by atoms with Crippen LogP contribution in [-0.4, -0.2) is 41.1 Å². The molecule has 0 radical (unpaired) electrons. The minimum absolute atomic E-state index is 0.0610. The van der Waals surface area contributed by atoms with E-state index in [1.54, 1.807) is 4.90 Å². The Bertz CT molecular complexity index is 325. The smallest absolute Gasteiger partial charge is 0.326 e. The van der Waals surface area contributed by atoms with Gasteiger partial charge in [-0.2, -0.15) is 0 Å². The summed E-state index contributed by atoms with van der Waals surface area (Å²) >= 11 is 0. The second-order valence-corrected chi connectivity index (χ2v) is 5.87. The minimum Gasteiger partial charge on any atom is -0.480 e. The van der Waals surface area contributed by atoms with Crippen molar-refractivity contribution in [2.24, 2.45) is 11.8 Å². The standard InChI is InChI=1S/C15H28N2O3/c1-4-6-12-7-9-17(10-8-12)15(20)16-13(14(18)19)11(3)5-2/h11-13H,4-10H2,1-3H3,(H,16,20)(H,18,19)/t11?,13-/m0/s1. The number of carboxylic acids is 1. The summed E-state index contributed by atoms with van der Waals surface area (Å²) in [4.78, 5) is 25.1. The number of nitrogens with one attached hydrogen (secondary N) is 1. The van der Waals surface area contributed by atoms with Gasteiger partial charge in [0.1, 0.15) is 6.04 Å². The Kier molecular flexibility index (Phi) is 6.82. The molecule has 0 aromatic rings. The highest BCUT2D eigenvalue weighted by atomic mass is 16.4. The van der Waals surface area contributed by atoms with E-state index in [0.717, 1.165) is 32.4 Å². The molecule has 116 valence electrons. The second kappa shape index (κ2) is 8.12. The first-order valence-corrected chi connectivity index (χ1v) is 7.77. The number of carbonyl (C=O) groups excluding carboxylic acids is 1. The monoisotopic (exact) mass is 284 g/mol. The SMILES string of the molecule is CCCC1CCN(C(=O)N[C@H](C(=O)O)C(C)CC)CC1. The van der Waals surface area contributed by atoms with Crippen molar-refractivity contribution in [1.82, 2.24) is 10.2 Å². The maximum Gasteiger partial charge on any atom is 0.326 e. The average Bonchev–Trinajstić information content (AvgIpc) is 2.44. The van der Waals surface area contributed by atoms with Gasteiger partial charge in [-0.15, -0.1) is 0 Å². The summed E-state index contributed by atoms with van der Waals surface area (Å²) in [5, 5.41) is 11.9. The maximum absolute atomic E-state index is 12.1. The molecule has 0 spiro atoms. The van der Waals surface area contributed by atoms with E-state index in [0.29, 0.717) is 5.92 Å². The summed E-state index contributed by atoms with van der Waals surface area (Å²) in [6.07, 6.45) is 5.20. The van der Waals surface area contributed by atoms with Crippen LogP contribution in [0.2, 0.25) is 0 Å². The molecule has 0 aliphatic carbocycles. The Morgan fingerprint density at radius 3 is 2.35 bits per heavy atom. The molecule has 2 amide bonds. The van der Waals surface area contributed by atoms with E-state index in [2.05, 4.69) is 12.2 Å². The van der Waals surface area contributed by atoms with Crippen molar-refractivity contribution in [2.45, 2.75) is 58.9 Å². The molecule has 2 N–H and O–H groups in total. The summed E-state index contributed by atoms with van der Waals surface area (Å²) in [5.41, 5.74) is 0. The molecule has 5 heteroatoms. The molecule has 0 aromatic carbocycles. The highest BCUT2D eigenvalue weighted by molar-refractivity contribution is 5.82. The number of carboxylic acid groups (broad SMARTS) is 1. The zero-order valence-electron chi connectivity index (χ0n) is 12.9. The van der Waals surface area contributed by atoms with Gasteiger partial charge >= 0.3 is 12.0 Å². The van der Waals surface area contributed by atoms with Crippen LogP contribution in [0.3, 0.4) is 0 Å². The fourth-order valence-electron chi connectivity index (χ4n) is 2.74. The first kappa shape index (κ1) is 16.8. The lowest BCUT2D eigenvalue weighted by atomic mass is 9.92. The predicted molar refractivity (Wildman–Crippen MR) is 78.6 cm³/mol. The molecule has 0 aromatic heterocycles. The van der Waals surface area contributed by atoms with Crippen LogP contribution in [0.4, 0.5) is 4.79 Å². The molecule has 1 heterocycles. The van der Waals surface area contributed by atoms with E-state index < -0.39 is 12.0 Å². The van der Waals surface area contributed by atoms with Crippen LogP contribution in [0.25, 0.3) is 0 Å². The van der Waals surface area contributed by atoms with Crippen molar-refractivity contribution < 1.29 is 14.7 Å². The molecule has 0 bridgehead atoms. The molecule has 2 atom stereocenters. The van der Waals surface area contributed by atoms with Gasteiger partial charge in [-0.05, 0) is 24.7 Å². The zero-order valence-corrected chi connectivity index (χ0v) is 12.9. The van der Waals surface area contributed by atoms with E-state index in [1.165, 1.54) is 12.8 Å². The third-order valence-corrected chi connectivity index (χ3v) is 4.36. The van der Waals surface area contributed by atoms with Gasteiger partial charge in [0.2, 0.25) is 0 Å². The van der Waals surface area contributed by atoms with Crippen LogP contribution in [0.15, 0.2) is 0 Å². The highest BCUT2D eigenvalue weighted by Gasteiger charge is 2.29. The molecule has 1 aliphatic heterocycles. The maximum atomic E-state index is 12.1. The van der Waals surface area contributed by atoms with Gasteiger partial charge in [-0.1, -0.05) is 40.0 Å². The number of likely N-dealkylation sites (tertiary alicyclic amines) is 1. The topological polar surface area (TPSA) is 69.6 Å². The summed E-state index contributed by atoms with van der Waals surface area (Å²) in [6, 6.07) is -1.02. The summed E-state index contributed by atoms with van der Waals surface area (Å²) in [7, 11) is 0. The third kappa shape index (κ3) is 4.69. The molecular weight excluding hydrogens is 256 g/mol. The summed E-state index contributed by atoms with van der Waals surface area (Å²) in [5.74, 6) is -0.295. The number of hydrogen-bond donors (Lipinski definition) is 2. The molecule has 1 rings (SSSR count). The first-order valence-electron chi connectivity index (χ1n) is 7.77. The molecule has 1 fully saturated rings. The quantitative estimate of drug-likeness (QED) is 0.788. The van der Waals surface area contributed by atoms with Gasteiger partial charge in [0.25, 0.3) is 0 Å². The number of aliphatic carboxylic acids is 1. The van der Waals surface area contributed by atoms with Crippen LogP contribution in [-0.2, 0) is 4.79 Å². The Morgan fingerprint density at radius 2 is 1.90 bits per heavy atom. The predicted octanol–water partition coefficient (Wildman–Crippen LogP) is 2.71. The molecule has 0 saturated carbocycles. The molecule has 1 aliphatic rings. The van der Waals surface area contributed by atoms with Crippen molar-refractivity contribution >= 4 is 12.0 Å². The van der Waals surface area contributed by atoms with Crippen LogP contribution in [0, 0.1) is 11.8 Å². The van der Waals surface area contributed by atoms with Crippen molar-refractivity contribution in [2.75, 3.05) is 13.1 Å². The van der Waals surface area contributed by atoms with Gasteiger partial charge in [-0.25, -0.2) is 9.59 Å². The lowest BCUT2D eigenvalue weighted by Crippen LogP contribution is -2.52. The van der Waals surface area contributed by atoms with Gasteiger partial charge in [0, 0.05) is 13.1 Å². The van der Waals surface area contributed by atoms with Crippen LogP contribution >= 0.6 is 0 Å². The number of amides is 2. The van der Waals surface area contributed by atoms with E-state index >= 15 is 0 Å². The Hall–Kier alpha value is -1.26. The molecule has 1 saturated heterocycles. The lowest BCUT2D eigenvalue weighted by molar-refractivity contribution is -0.140. The molecular formula is C15H28N2O3. The zero-order chi connectivity index (χ0) is 15.1. The molecule has 5 nitrogen and oxygen atoms in total. The number of hydrogen-bond acceptors (Lipinski definition) is 2. The first-order chi connectivity index (χ1) is 9.49. The molecule has 20 heavy (non-hydrogen) atoms. The van der Waals surface area contributed by atoms with Crippen LogP contribution in [0.5, 0.6) is 0 Å². The van der Waals surface area contributed by atoms with E-state index in [-0.39, 0.29) is 11.9 Å². The second-order valence-electron chi connectivity index (χ2n) is 5.87. The van der Waals surface area contributed by atoms with E-state index in [9.17, 15) is 14.7 Å². The van der Waals surface area contributed by atoms with Gasteiger partial charge in [0.15, 0.2) is 0 Å². The fourth-order valence-corrected chi connectivity index (χ4v) is 2.74. The fraction of sp³-hybridized carbons (Fsp3) is 0.867. The van der Waals surface area contributed by atoms with Crippen molar-refractivity contribution in [3.63, 3.8) is 0 Å². The summed E-state index contributed by atoms with van der Waals surface area (Å²) in [6.45, 7) is 7.45. The Labute approximate surface area is 121 Å².